The smallest absolute Gasteiger partial charge is 0.153 e. The maximum Gasteiger partial charge on any atom is 0.153 e. The highest BCUT2D eigenvalue weighted by Crippen LogP contribution is 2.27. The van der Waals surface area contributed by atoms with E-state index in [1.807, 2.05) is 12.1 Å². The van der Waals surface area contributed by atoms with Crippen LogP contribution < -0.4 is 11.3 Å². The van der Waals surface area contributed by atoms with Crippen LogP contribution in [0.1, 0.15) is 5.82 Å². The number of rotatable bonds is 2. The lowest BCUT2D eigenvalue weighted by Gasteiger charge is -2.07. The van der Waals surface area contributed by atoms with Gasteiger partial charge >= 0.3 is 0 Å². The summed E-state index contributed by atoms with van der Waals surface area (Å²) in [4.78, 5) is 8.38. The van der Waals surface area contributed by atoms with Gasteiger partial charge in [-0.15, -0.1) is 11.6 Å². The van der Waals surface area contributed by atoms with Gasteiger partial charge in [0.2, 0.25) is 0 Å². The predicted octanol–water partition coefficient (Wildman–Crippen LogP) is 2.31. The van der Waals surface area contributed by atoms with E-state index in [1.165, 1.54) is 0 Å². The molecule has 15 heavy (non-hydrogen) atoms. The Morgan fingerprint density at radius 2 is 2.13 bits per heavy atom. The topological polar surface area (TPSA) is 63.8 Å². The molecule has 0 radical (unpaired) electrons. The number of alkyl halides is 1. The third kappa shape index (κ3) is 1.84. The maximum atomic E-state index is 6.03. The quantitative estimate of drug-likeness (QED) is 0.482. The second-order valence-electron chi connectivity index (χ2n) is 2.90. The molecular formula is C9H8Cl2N4. The van der Waals surface area contributed by atoms with Crippen molar-refractivity contribution >= 4 is 39.9 Å². The van der Waals surface area contributed by atoms with Crippen molar-refractivity contribution in [2.45, 2.75) is 5.88 Å². The fourth-order valence-corrected chi connectivity index (χ4v) is 1.73. The lowest BCUT2D eigenvalue weighted by atomic mass is 10.2. The number of hydrogen-bond donors (Lipinski definition) is 2. The zero-order chi connectivity index (χ0) is 10.8. The molecule has 0 saturated heterocycles. The molecule has 1 heterocycles. The van der Waals surface area contributed by atoms with Gasteiger partial charge in [-0.3, -0.25) is 0 Å². The number of benzene rings is 1. The summed E-state index contributed by atoms with van der Waals surface area (Å²) in [6.07, 6.45) is 0. The van der Waals surface area contributed by atoms with Crippen LogP contribution >= 0.6 is 23.2 Å². The Bertz CT molecular complexity index is 501. The number of nitrogen functional groups attached to an aromatic ring is 1. The van der Waals surface area contributed by atoms with Crippen LogP contribution in [0.4, 0.5) is 5.82 Å². The second kappa shape index (κ2) is 4.18. The Hall–Kier alpha value is -1.10. The molecule has 2 rings (SSSR count). The first kappa shape index (κ1) is 10.4. The van der Waals surface area contributed by atoms with Crippen molar-refractivity contribution in [2.75, 3.05) is 5.43 Å². The van der Waals surface area contributed by atoms with Crippen LogP contribution in [-0.2, 0) is 5.88 Å². The number of anilines is 1. The molecule has 0 saturated carbocycles. The van der Waals surface area contributed by atoms with Crippen LogP contribution in [0.25, 0.3) is 10.9 Å². The molecule has 0 fully saturated rings. The number of hydrazine groups is 1. The third-order valence-corrected chi connectivity index (χ3v) is 2.53. The number of nitrogens with two attached hydrogens (primary N) is 1. The van der Waals surface area contributed by atoms with Gasteiger partial charge in [0.1, 0.15) is 5.82 Å². The van der Waals surface area contributed by atoms with Gasteiger partial charge in [-0.25, -0.2) is 15.8 Å². The molecule has 0 amide bonds. The van der Waals surface area contributed by atoms with Gasteiger partial charge in [0.25, 0.3) is 0 Å². The SMILES string of the molecule is NNc1nc(CCl)nc2cccc(Cl)c12. The van der Waals surface area contributed by atoms with Crippen molar-refractivity contribution < 1.29 is 0 Å². The van der Waals surface area contributed by atoms with Crippen molar-refractivity contribution in [1.29, 1.82) is 0 Å². The molecule has 1 aromatic heterocycles. The summed E-state index contributed by atoms with van der Waals surface area (Å²) < 4.78 is 0. The average molecular weight is 243 g/mol. The molecule has 4 nitrogen and oxygen atoms in total. The summed E-state index contributed by atoms with van der Waals surface area (Å²) in [5.41, 5.74) is 3.21. The van der Waals surface area contributed by atoms with E-state index in [4.69, 9.17) is 29.0 Å². The van der Waals surface area contributed by atoms with E-state index in [2.05, 4.69) is 15.4 Å². The largest absolute Gasteiger partial charge is 0.308 e. The van der Waals surface area contributed by atoms with Crippen LogP contribution in [0.2, 0.25) is 5.02 Å². The zero-order valence-corrected chi connectivity index (χ0v) is 9.18. The summed E-state index contributed by atoms with van der Waals surface area (Å²) in [7, 11) is 0. The van der Waals surface area contributed by atoms with Gasteiger partial charge in [0.15, 0.2) is 5.82 Å². The van der Waals surface area contributed by atoms with E-state index in [9.17, 15) is 0 Å². The van der Waals surface area contributed by atoms with Crippen LogP contribution in [0.5, 0.6) is 0 Å². The summed E-state index contributed by atoms with van der Waals surface area (Å²) in [5.74, 6) is 6.60. The summed E-state index contributed by atoms with van der Waals surface area (Å²) in [6, 6.07) is 5.41. The summed E-state index contributed by atoms with van der Waals surface area (Å²) in [6.45, 7) is 0. The van der Waals surface area contributed by atoms with Gasteiger partial charge in [0, 0.05) is 0 Å². The Balaban J connectivity index is 2.81. The number of halogens is 2. The minimum Gasteiger partial charge on any atom is -0.308 e. The Morgan fingerprint density at radius 1 is 1.33 bits per heavy atom. The zero-order valence-electron chi connectivity index (χ0n) is 7.67. The van der Waals surface area contributed by atoms with Crippen molar-refractivity contribution in [2.24, 2.45) is 5.84 Å². The first-order valence-electron chi connectivity index (χ1n) is 4.24. The Kier molecular flexibility index (Phi) is 2.90. The summed E-state index contributed by atoms with van der Waals surface area (Å²) >= 11 is 11.7. The lowest BCUT2D eigenvalue weighted by molar-refractivity contribution is 1.05. The van der Waals surface area contributed by atoms with Crippen molar-refractivity contribution in [3.63, 3.8) is 0 Å². The molecule has 0 bridgehead atoms. The van der Waals surface area contributed by atoms with Crippen LogP contribution in [-0.4, -0.2) is 9.97 Å². The third-order valence-electron chi connectivity index (χ3n) is 1.98. The maximum absolute atomic E-state index is 6.03. The minimum absolute atomic E-state index is 0.233. The monoisotopic (exact) mass is 242 g/mol. The van der Waals surface area contributed by atoms with Gasteiger partial charge in [-0.2, -0.15) is 0 Å². The molecule has 78 valence electrons. The number of aromatic nitrogens is 2. The fourth-order valence-electron chi connectivity index (χ4n) is 1.35. The highest BCUT2D eigenvalue weighted by molar-refractivity contribution is 6.36. The Labute approximate surface area is 96.4 Å². The number of nitrogens with zero attached hydrogens (tertiary/aromatic N) is 2. The average Bonchev–Trinajstić information content (AvgIpc) is 2.27. The van der Waals surface area contributed by atoms with Crippen molar-refractivity contribution in [1.82, 2.24) is 9.97 Å². The van der Waals surface area contributed by atoms with E-state index in [0.29, 0.717) is 22.1 Å². The first-order chi connectivity index (χ1) is 7.26. The number of nitrogens with one attached hydrogen (secondary N) is 1. The molecule has 0 spiro atoms. The highest BCUT2D eigenvalue weighted by Gasteiger charge is 2.08. The van der Waals surface area contributed by atoms with Gasteiger partial charge in [-0.05, 0) is 12.1 Å². The standard InChI is InChI=1S/C9H8Cl2N4/c10-4-7-13-6-3-1-2-5(11)8(6)9(14-7)15-12/h1-3H,4,12H2,(H,13,14,15). The molecule has 0 aliphatic rings. The van der Waals surface area contributed by atoms with Gasteiger partial charge in [0.05, 0.1) is 21.8 Å². The summed E-state index contributed by atoms with van der Waals surface area (Å²) in [5, 5.41) is 1.26. The van der Waals surface area contributed by atoms with E-state index in [1.54, 1.807) is 6.07 Å². The predicted molar refractivity (Wildman–Crippen MR) is 61.9 cm³/mol. The highest BCUT2D eigenvalue weighted by atomic mass is 35.5. The molecule has 0 atom stereocenters. The normalized spacial score (nSPS) is 10.6. The molecular weight excluding hydrogens is 235 g/mol. The number of fused-ring (bicyclic) bond motifs is 1. The number of hydrogen-bond acceptors (Lipinski definition) is 4. The van der Waals surface area contributed by atoms with Gasteiger partial charge in [-0.1, -0.05) is 17.7 Å². The fraction of sp³-hybridized carbons (Fsp3) is 0.111. The van der Waals surface area contributed by atoms with E-state index in [-0.39, 0.29) is 5.88 Å². The van der Waals surface area contributed by atoms with Gasteiger partial charge < -0.3 is 5.43 Å². The van der Waals surface area contributed by atoms with Crippen LogP contribution in [0, 0.1) is 0 Å². The van der Waals surface area contributed by atoms with Crippen LogP contribution in [0.3, 0.4) is 0 Å². The molecule has 1 aromatic carbocycles. The van der Waals surface area contributed by atoms with Crippen LogP contribution in [0.15, 0.2) is 18.2 Å². The lowest BCUT2D eigenvalue weighted by Crippen LogP contribution is -2.11. The Morgan fingerprint density at radius 3 is 2.80 bits per heavy atom. The molecule has 0 unspecified atom stereocenters. The molecule has 0 aliphatic carbocycles. The van der Waals surface area contributed by atoms with E-state index < -0.39 is 0 Å². The van der Waals surface area contributed by atoms with Crippen molar-refractivity contribution in [3.05, 3.63) is 29.0 Å². The molecule has 0 aliphatic heterocycles. The minimum atomic E-state index is 0.233. The molecule has 6 heteroatoms. The first-order valence-corrected chi connectivity index (χ1v) is 5.15. The second-order valence-corrected chi connectivity index (χ2v) is 3.57. The van der Waals surface area contributed by atoms with E-state index in [0.717, 1.165) is 5.52 Å². The molecule has 2 aromatic rings. The van der Waals surface area contributed by atoms with Crippen molar-refractivity contribution in [3.8, 4) is 0 Å². The molecule has 3 N–H and O–H groups in total. The van der Waals surface area contributed by atoms with E-state index >= 15 is 0 Å².